The van der Waals surface area contributed by atoms with E-state index in [0.717, 1.165) is 0 Å². The van der Waals surface area contributed by atoms with Gasteiger partial charge in [0.25, 0.3) is 0 Å². The molecule has 0 fully saturated rings. The second-order valence-electron chi connectivity index (χ2n) is 2.50. The first-order valence-corrected chi connectivity index (χ1v) is 9.65. The second-order valence-corrected chi connectivity index (χ2v) is 16.9. The van der Waals surface area contributed by atoms with Gasteiger partial charge in [0.1, 0.15) is 0 Å². The molecule has 2 heteroatoms. The van der Waals surface area contributed by atoms with Gasteiger partial charge in [-0.25, -0.2) is 0 Å². The summed E-state index contributed by atoms with van der Waals surface area (Å²) in [6.07, 6.45) is 0. The minimum atomic E-state index is -0.506. The van der Waals surface area contributed by atoms with E-state index in [4.69, 9.17) is 0 Å². The van der Waals surface area contributed by atoms with Crippen molar-refractivity contribution in [2.24, 2.45) is 0 Å². The fourth-order valence-corrected chi connectivity index (χ4v) is 0. The molecule has 0 nitrogen and oxygen atoms in total. The molecule has 0 bridgehead atoms. The Labute approximate surface area is 49.5 Å². The van der Waals surface area contributed by atoms with Crippen LogP contribution in [0, 0.1) is 0 Å². The first-order valence-electron chi connectivity index (χ1n) is 2.25. The first-order chi connectivity index (χ1) is 2.56. The molecule has 0 saturated heterocycles. The molecular formula is C4H12SiTi. The Morgan fingerprint density at radius 2 is 1.33 bits per heavy atom. The molecule has 0 aromatic rings. The summed E-state index contributed by atoms with van der Waals surface area (Å²) in [5.74, 6) is -0.506. The Kier molecular flexibility index (Phi) is 2.65. The summed E-state index contributed by atoms with van der Waals surface area (Å²) in [4.78, 5) is 0. The van der Waals surface area contributed by atoms with Crippen molar-refractivity contribution in [2.75, 3.05) is 0 Å². The first kappa shape index (κ1) is 6.93. The predicted molar refractivity (Wildman–Crippen MR) is 29.2 cm³/mol. The molecule has 0 amide bonds. The van der Waals surface area contributed by atoms with Crippen molar-refractivity contribution >= 4 is 5.94 Å². The van der Waals surface area contributed by atoms with Gasteiger partial charge in [-0.15, -0.1) is 0 Å². The van der Waals surface area contributed by atoms with E-state index >= 15 is 0 Å². The summed E-state index contributed by atoms with van der Waals surface area (Å²) in [5, 5.41) is 2.40. The van der Waals surface area contributed by atoms with E-state index in [9.17, 15) is 0 Å². The zero-order valence-corrected chi connectivity index (χ0v) is 7.56. The fraction of sp³-hybridized carbons (Fsp3) is 1.00. The maximum absolute atomic E-state index is 2.44. The van der Waals surface area contributed by atoms with Gasteiger partial charge in [0.2, 0.25) is 0 Å². The summed E-state index contributed by atoms with van der Waals surface area (Å²) in [6.45, 7) is 7.31. The molecule has 0 heterocycles. The zero-order valence-electron chi connectivity index (χ0n) is 5.00. The summed E-state index contributed by atoms with van der Waals surface area (Å²) >= 11 is 0.493. The molecule has 0 aliphatic carbocycles. The van der Waals surface area contributed by atoms with Gasteiger partial charge in [0, 0.05) is 0 Å². The molecule has 0 aliphatic heterocycles. The average Bonchev–Trinajstić information content (AvgIpc) is 1.35. The van der Waals surface area contributed by atoms with Crippen LogP contribution in [0.1, 0.15) is 0 Å². The molecule has 0 aliphatic rings. The van der Waals surface area contributed by atoms with Crippen LogP contribution in [-0.2, 0) is 18.4 Å². The zero-order chi connectivity index (χ0) is 5.21. The summed E-state index contributed by atoms with van der Waals surface area (Å²) < 4.78 is 0. The molecule has 0 aromatic heterocycles. The third-order valence-electron chi connectivity index (χ3n) is 0.750. The van der Waals surface area contributed by atoms with Crippen LogP contribution in [0.2, 0.25) is 24.9 Å². The molecular weight excluding hydrogens is 124 g/mol. The van der Waals surface area contributed by atoms with Crippen LogP contribution in [-0.4, -0.2) is 5.94 Å². The van der Waals surface area contributed by atoms with Gasteiger partial charge >= 0.3 is 49.2 Å². The molecule has 0 spiro atoms. The van der Waals surface area contributed by atoms with Crippen molar-refractivity contribution in [3.63, 3.8) is 0 Å². The van der Waals surface area contributed by atoms with Gasteiger partial charge < -0.3 is 0 Å². The van der Waals surface area contributed by atoms with Gasteiger partial charge in [-0.2, -0.15) is 0 Å². The fourth-order valence-electron chi connectivity index (χ4n) is 0. The van der Waals surface area contributed by atoms with Crippen LogP contribution >= 0.6 is 0 Å². The van der Waals surface area contributed by atoms with Gasteiger partial charge in [-0.1, -0.05) is 0 Å². The monoisotopic (exact) mass is 136 g/mol. The Morgan fingerprint density at radius 1 is 1.17 bits per heavy atom. The number of hydrogen-bond acceptors (Lipinski definition) is 0. The van der Waals surface area contributed by atoms with Crippen LogP contribution in [0.15, 0.2) is 0 Å². The maximum atomic E-state index is 2.44. The van der Waals surface area contributed by atoms with Crippen molar-refractivity contribution < 1.29 is 18.4 Å². The predicted octanol–water partition coefficient (Wildman–Crippen LogP) is 1.95. The Bertz CT molecular complexity index is 37.3. The summed E-state index contributed by atoms with van der Waals surface area (Å²) in [5.41, 5.74) is 0. The van der Waals surface area contributed by atoms with Crippen LogP contribution < -0.4 is 0 Å². The SMILES string of the molecule is [CH3][Ti][Si](C)(C)C. The molecule has 0 saturated carbocycles. The van der Waals surface area contributed by atoms with Crippen molar-refractivity contribution in [2.45, 2.75) is 24.9 Å². The summed E-state index contributed by atoms with van der Waals surface area (Å²) in [7, 11) is 0. The van der Waals surface area contributed by atoms with E-state index in [-0.39, 0.29) is 0 Å². The third-order valence-corrected chi connectivity index (χ3v) is 9.28. The quantitative estimate of drug-likeness (QED) is 0.483. The average molecular weight is 136 g/mol. The van der Waals surface area contributed by atoms with Crippen molar-refractivity contribution in [1.29, 1.82) is 0 Å². The Balaban J connectivity index is 3.17. The van der Waals surface area contributed by atoms with Crippen molar-refractivity contribution in [3.05, 3.63) is 0 Å². The van der Waals surface area contributed by atoms with Gasteiger partial charge in [-0.3, -0.25) is 0 Å². The molecule has 0 aromatic carbocycles. The van der Waals surface area contributed by atoms with Crippen molar-refractivity contribution in [1.82, 2.24) is 0 Å². The van der Waals surface area contributed by atoms with E-state index in [1.54, 1.807) is 0 Å². The van der Waals surface area contributed by atoms with E-state index in [2.05, 4.69) is 24.9 Å². The van der Waals surface area contributed by atoms with Crippen LogP contribution in [0.25, 0.3) is 0 Å². The molecule has 0 radical (unpaired) electrons. The molecule has 0 unspecified atom stereocenters. The Morgan fingerprint density at radius 3 is 1.33 bits per heavy atom. The molecule has 0 N–H and O–H groups in total. The van der Waals surface area contributed by atoms with Gasteiger partial charge in [-0.05, 0) is 0 Å². The third kappa shape index (κ3) is 4.93. The normalized spacial score (nSPS) is 11.3. The van der Waals surface area contributed by atoms with Gasteiger partial charge in [0.15, 0.2) is 0 Å². The summed E-state index contributed by atoms with van der Waals surface area (Å²) in [6, 6.07) is 0. The van der Waals surface area contributed by atoms with Crippen LogP contribution in [0.4, 0.5) is 0 Å². The molecule has 36 valence electrons. The minimum absolute atomic E-state index is 0.493. The standard InChI is InChI=1S/C3H9Si.CH3.Ti/c1-4(2)3;;/h1-3H3;1H3;. The van der Waals surface area contributed by atoms with E-state index in [0.29, 0.717) is 18.4 Å². The molecule has 6 heavy (non-hydrogen) atoms. The van der Waals surface area contributed by atoms with Crippen LogP contribution in [0.5, 0.6) is 0 Å². The van der Waals surface area contributed by atoms with E-state index in [1.807, 2.05) is 0 Å². The van der Waals surface area contributed by atoms with Gasteiger partial charge in [0.05, 0.1) is 0 Å². The van der Waals surface area contributed by atoms with E-state index in [1.165, 1.54) is 0 Å². The molecule has 0 atom stereocenters. The Hall–Kier alpha value is 0.931. The number of hydrogen-bond donors (Lipinski definition) is 0. The van der Waals surface area contributed by atoms with Crippen LogP contribution in [0.3, 0.4) is 0 Å². The topological polar surface area (TPSA) is 0 Å². The van der Waals surface area contributed by atoms with Crippen molar-refractivity contribution in [3.8, 4) is 0 Å². The van der Waals surface area contributed by atoms with E-state index < -0.39 is 5.94 Å². The second kappa shape index (κ2) is 2.29. The molecule has 0 rings (SSSR count). The number of rotatable bonds is 1.